The summed E-state index contributed by atoms with van der Waals surface area (Å²) in [6, 6.07) is -0.244. The van der Waals surface area contributed by atoms with E-state index in [4.69, 9.17) is 0 Å². The van der Waals surface area contributed by atoms with E-state index < -0.39 is 10.2 Å². The van der Waals surface area contributed by atoms with Gasteiger partial charge in [-0.3, -0.25) is 4.79 Å². The predicted octanol–water partition coefficient (Wildman–Crippen LogP) is 1.45. The van der Waals surface area contributed by atoms with Gasteiger partial charge in [-0.2, -0.15) is 17.4 Å². The summed E-state index contributed by atoms with van der Waals surface area (Å²) in [5.41, 5.74) is 0. The van der Waals surface area contributed by atoms with E-state index in [9.17, 15) is 13.2 Å². The lowest BCUT2D eigenvalue weighted by Crippen LogP contribution is -2.53. The number of hydrogen-bond acceptors (Lipinski definition) is 3. The third-order valence-corrected chi connectivity index (χ3v) is 5.85. The average molecular weight is 288 g/mol. The van der Waals surface area contributed by atoms with Gasteiger partial charge in [0.1, 0.15) is 5.78 Å². The number of ketones is 1. The van der Waals surface area contributed by atoms with Crippen molar-refractivity contribution in [3.8, 4) is 0 Å². The fraction of sp³-hybridized carbons (Fsp3) is 0.923. The van der Waals surface area contributed by atoms with Crippen LogP contribution in [0, 0.1) is 5.92 Å². The molecule has 0 aromatic carbocycles. The smallest absolute Gasteiger partial charge is 0.279 e. The molecule has 2 rings (SSSR count). The number of hydrogen-bond donors (Lipinski definition) is 1. The first-order valence-corrected chi connectivity index (χ1v) is 8.67. The van der Waals surface area contributed by atoms with Crippen molar-refractivity contribution >= 4 is 16.0 Å². The summed E-state index contributed by atoms with van der Waals surface area (Å²) >= 11 is 0. The summed E-state index contributed by atoms with van der Waals surface area (Å²) in [5, 5.41) is 0. The Bertz CT molecular complexity index is 433. The molecule has 1 heterocycles. The van der Waals surface area contributed by atoms with Crippen molar-refractivity contribution in [2.75, 3.05) is 6.54 Å². The van der Waals surface area contributed by atoms with Crippen molar-refractivity contribution in [1.29, 1.82) is 0 Å². The third kappa shape index (κ3) is 3.35. The Hall–Kier alpha value is -0.460. The molecule has 0 bridgehead atoms. The molecule has 2 aliphatic rings. The Morgan fingerprint density at radius 2 is 1.95 bits per heavy atom. The van der Waals surface area contributed by atoms with Gasteiger partial charge in [0.2, 0.25) is 0 Å². The van der Waals surface area contributed by atoms with E-state index in [0.717, 1.165) is 32.1 Å². The summed E-state index contributed by atoms with van der Waals surface area (Å²) < 4.78 is 28.9. The van der Waals surface area contributed by atoms with Crippen molar-refractivity contribution < 1.29 is 13.2 Å². The third-order valence-electron chi connectivity index (χ3n) is 4.01. The quantitative estimate of drug-likeness (QED) is 0.851. The highest BCUT2D eigenvalue weighted by atomic mass is 32.2. The second-order valence-electron chi connectivity index (χ2n) is 5.92. The molecule has 5 nitrogen and oxygen atoms in total. The monoisotopic (exact) mass is 288 g/mol. The predicted molar refractivity (Wildman–Crippen MR) is 73.9 cm³/mol. The fourth-order valence-corrected chi connectivity index (χ4v) is 4.96. The van der Waals surface area contributed by atoms with Crippen LogP contribution in [0.25, 0.3) is 0 Å². The number of nitrogens with zero attached hydrogens (tertiary/aromatic N) is 1. The van der Waals surface area contributed by atoms with Gasteiger partial charge in [0.25, 0.3) is 10.2 Å². The normalized spacial score (nSPS) is 30.2. The van der Waals surface area contributed by atoms with Crippen LogP contribution in [-0.4, -0.2) is 37.1 Å². The lowest BCUT2D eigenvalue weighted by atomic mass is 9.90. The Balaban J connectivity index is 2.18. The number of nitrogens with one attached hydrogen (secondary N) is 1. The molecule has 1 saturated carbocycles. The first-order chi connectivity index (χ1) is 8.92. The second-order valence-corrected chi connectivity index (χ2v) is 7.57. The SMILES string of the molecule is CC(C)NS(=O)(=O)N1CCCCC1C1CCCC1=O. The number of rotatable bonds is 4. The first kappa shape index (κ1) is 14.9. The number of Topliss-reactive ketones (excluding diaryl/α,β-unsaturated/α-hetero) is 1. The molecule has 0 spiro atoms. The largest absolute Gasteiger partial charge is 0.299 e. The van der Waals surface area contributed by atoms with Gasteiger partial charge in [-0.05, 0) is 39.5 Å². The van der Waals surface area contributed by atoms with E-state index in [2.05, 4.69) is 4.72 Å². The highest BCUT2D eigenvalue weighted by molar-refractivity contribution is 7.87. The van der Waals surface area contributed by atoms with Gasteiger partial charge >= 0.3 is 0 Å². The van der Waals surface area contributed by atoms with E-state index in [1.807, 2.05) is 13.8 Å². The number of piperidine rings is 1. The maximum Gasteiger partial charge on any atom is 0.279 e. The van der Waals surface area contributed by atoms with Gasteiger partial charge in [0.15, 0.2) is 0 Å². The van der Waals surface area contributed by atoms with Crippen LogP contribution >= 0.6 is 0 Å². The minimum absolute atomic E-state index is 0.0796. The minimum atomic E-state index is -3.46. The number of carbonyl (C=O) groups excluding carboxylic acids is 1. The molecule has 2 fully saturated rings. The Kier molecular flexibility index (Phi) is 4.63. The van der Waals surface area contributed by atoms with E-state index in [1.54, 1.807) is 4.31 Å². The molecule has 1 aliphatic heterocycles. The molecule has 1 N–H and O–H groups in total. The fourth-order valence-electron chi connectivity index (χ4n) is 3.25. The molecule has 19 heavy (non-hydrogen) atoms. The molecule has 2 atom stereocenters. The van der Waals surface area contributed by atoms with Crippen molar-refractivity contribution in [2.24, 2.45) is 5.92 Å². The topological polar surface area (TPSA) is 66.5 Å². The van der Waals surface area contributed by atoms with E-state index in [-0.39, 0.29) is 23.8 Å². The molecule has 110 valence electrons. The van der Waals surface area contributed by atoms with E-state index in [0.29, 0.717) is 13.0 Å². The zero-order valence-corrected chi connectivity index (χ0v) is 12.6. The van der Waals surface area contributed by atoms with Crippen molar-refractivity contribution in [2.45, 2.75) is 64.5 Å². The molecular formula is C13H24N2O3S. The van der Waals surface area contributed by atoms with Gasteiger partial charge in [0.05, 0.1) is 0 Å². The molecule has 0 aromatic heterocycles. The Morgan fingerprint density at radius 1 is 1.21 bits per heavy atom. The summed E-state index contributed by atoms with van der Waals surface area (Å²) in [5.74, 6) is 0.167. The van der Waals surface area contributed by atoms with Crippen molar-refractivity contribution in [1.82, 2.24) is 9.03 Å². The maximum absolute atomic E-state index is 12.4. The molecule has 0 radical (unpaired) electrons. The summed E-state index contributed by atoms with van der Waals surface area (Å²) in [6.07, 6.45) is 5.09. The zero-order valence-electron chi connectivity index (χ0n) is 11.8. The molecule has 6 heteroatoms. The highest BCUT2D eigenvalue weighted by Crippen LogP contribution is 2.33. The molecule has 0 amide bonds. The molecule has 1 aliphatic carbocycles. The Morgan fingerprint density at radius 3 is 2.53 bits per heavy atom. The molecule has 2 unspecified atom stereocenters. The van der Waals surface area contributed by atoms with Gasteiger partial charge in [-0.15, -0.1) is 0 Å². The molecule has 0 aromatic rings. The van der Waals surface area contributed by atoms with Crippen LogP contribution in [0.1, 0.15) is 52.4 Å². The Labute approximate surface area is 115 Å². The van der Waals surface area contributed by atoms with E-state index >= 15 is 0 Å². The van der Waals surface area contributed by atoms with Gasteiger partial charge in [0, 0.05) is 31.0 Å². The standard InChI is InChI=1S/C13H24N2O3S/c1-10(2)14-19(17,18)15-9-4-3-7-12(15)11-6-5-8-13(11)16/h10-12,14H,3-9H2,1-2H3. The van der Waals surface area contributed by atoms with Crippen LogP contribution in [-0.2, 0) is 15.0 Å². The highest BCUT2D eigenvalue weighted by Gasteiger charge is 2.41. The second kappa shape index (κ2) is 5.89. The molecule has 1 saturated heterocycles. The molecular weight excluding hydrogens is 264 g/mol. The minimum Gasteiger partial charge on any atom is -0.299 e. The lowest BCUT2D eigenvalue weighted by Gasteiger charge is -2.37. The van der Waals surface area contributed by atoms with Crippen LogP contribution in [0.15, 0.2) is 0 Å². The maximum atomic E-state index is 12.4. The van der Waals surface area contributed by atoms with Crippen LogP contribution in [0.2, 0.25) is 0 Å². The van der Waals surface area contributed by atoms with Gasteiger partial charge in [-0.1, -0.05) is 6.42 Å². The average Bonchev–Trinajstić information content (AvgIpc) is 2.74. The van der Waals surface area contributed by atoms with Crippen molar-refractivity contribution in [3.63, 3.8) is 0 Å². The summed E-state index contributed by atoms with van der Waals surface area (Å²) in [6.45, 7) is 4.17. The van der Waals surface area contributed by atoms with Crippen molar-refractivity contribution in [3.05, 3.63) is 0 Å². The van der Waals surface area contributed by atoms with Crippen LogP contribution in [0.5, 0.6) is 0 Å². The number of carbonyl (C=O) groups is 1. The summed E-state index contributed by atoms with van der Waals surface area (Å²) in [7, 11) is -3.46. The van der Waals surface area contributed by atoms with E-state index in [1.165, 1.54) is 0 Å². The van der Waals surface area contributed by atoms with Crippen LogP contribution < -0.4 is 4.72 Å². The van der Waals surface area contributed by atoms with Gasteiger partial charge < -0.3 is 0 Å². The zero-order chi connectivity index (χ0) is 14.0. The van der Waals surface area contributed by atoms with Crippen LogP contribution in [0.3, 0.4) is 0 Å². The lowest BCUT2D eigenvalue weighted by molar-refractivity contribution is -0.122. The first-order valence-electron chi connectivity index (χ1n) is 7.23. The summed E-state index contributed by atoms with van der Waals surface area (Å²) in [4.78, 5) is 11.9. The van der Waals surface area contributed by atoms with Gasteiger partial charge in [-0.25, -0.2) is 0 Å². The van der Waals surface area contributed by atoms with Crippen LogP contribution in [0.4, 0.5) is 0 Å².